The Morgan fingerprint density at radius 3 is 2.86 bits per heavy atom. The molecule has 0 aliphatic carbocycles. The number of hydrogen-bond acceptors (Lipinski definition) is 9. The van der Waals surface area contributed by atoms with Gasteiger partial charge in [0.1, 0.15) is 5.52 Å². The number of anilines is 3. The molecule has 2 aliphatic rings. The van der Waals surface area contributed by atoms with Gasteiger partial charge in [-0.25, -0.2) is 9.97 Å². The molecule has 5 rings (SSSR count). The summed E-state index contributed by atoms with van der Waals surface area (Å²) in [4.78, 5) is 17.2. The van der Waals surface area contributed by atoms with E-state index in [0.717, 1.165) is 35.4 Å². The van der Waals surface area contributed by atoms with Crippen molar-refractivity contribution in [1.82, 2.24) is 30.0 Å². The maximum Gasteiger partial charge on any atom is 0.226 e. The van der Waals surface area contributed by atoms with Gasteiger partial charge in [0.2, 0.25) is 5.95 Å². The molecular formula is C19H23N9S. The second-order valence-corrected chi connectivity index (χ2v) is 8.64. The van der Waals surface area contributed by atoms with Gasteiger partial charge in [0.15, 0.2) is 16.5 Å². The summed E-state index contributed by atoms with van der Waals surface area (Å²) in [5.74, 6) is 2.01. The van der Waals surface area contributed by atoms with Crippen molar-refractivity contribution in [3.05, 3.63) is 17.3 Å². The number of aryl methyl sites for hydroxylation is 1. The second-order valence-electron chi connectivity index (χ2n) is 7.81. The lowest BCUT2D eigenvalue weighted by atomic mass is 9.97. The summed E-state index contributed by atoms with van der Waals surface area (Å²) in [5.41, 5.74) is 3.53. The summed E-state index contributed by atoms with van der Waals surface area (Å²) >= 11 is 1.51. The molecule has 2 atom stereocenters. The Bertz CT molecular complexity index is 1040. The number of nitrogens with one attached hydrogen (secondary N) is 3. The van der Waals surface area contributed by atoms with Crippen LogP contribution in [0.3, 0.4) is 0 Å². The van der Waals surface area contributed by atoms with E-state index >= 15 is 0 Å². The lowest BCUT2D eigenvalue weighted by molar-refractivity contribution is 0.135. The van der Waals surface area contributed by atoms with Crippen molar-refractivity contribution in [2.45, 2.75) is 57.2 Å². The first-order valence-corrected chi connectivity index (χ1v) is 10.9. The van der Waals surface area contributed by atoms with Gasteiger partial charge in [0.25, 0.3) is 0 Å². The zero-order chi connectivity index (χ0) is 19.8. The molecule has 2 unspecified atom stereocenters. The summed E-state index contributed by atoms with van der Waals surface area (Å²) in [5, 5.41) is 22.9. The zero-order valence-corrected chi connectivity index (χ0v) is 17.0. The van der Waals surface area contributed by atoms with E-state index in [1.165, 1.54) is 24.2 Å². The van der Waals surface area contributed by atoms with Gasteiger partial charge in [-0.05, 0) is 32.6 Å². The van der Waals surface area contributed by atoms with Crippen LogP contribution in [0.15, 0.2) is 11.6 Å². The summed E-state index contributed by atoms with van der Waals surface area (Å²) < 4.78 is 0. The molecule has 0 spiro atoms. The van der Waals surface area contributed by atoms with Gasteiger partial charge in [0, 0.05) is 42.9 Å². The highest BCUT2D eigenvalue weighted by atomic mass is 32.1. The molecule has 0 amide bonds. The number of nitriles is 1. The highest BCUT2D eigenvalue weighted by Crippen LogP contribution is 2.37. The first kappa shape index (κ1) is 18.3. The Morgan fingerprint density at radius 2 is 2.14 bits per heavy atom. The number of nitrogens with zero attached hydrogens (tertiary/aromatic N) is 6. The molecule has 3 aromatic rings. The number of hydrogen-bond donors (Lipinski definition) is 3. The molecule has 150 valence electrons. The number of aromatic amines is 1. The minimum Gasteiger partial charge on any atom is -0.351 e. The molecule has 2 aliphatic heterocycles. The van der Waals surface area contributed by atoms with Crippen LogP contribution in [0.25, 0.3) is 10.3 Å². The van der Waals surface area contributed by atoms with E-state index in [9.17, 15) is 0 Å². The lowest BCUT2D eigenvalue weighted by Crippen LogP contribution is -2.47. The molecule has 2 saturated heterocycles. The van der Waals surface area contributed by atoms with Gasteiger partial charge in [-0.1, -0.05) is 0 Å². The Balaban J connectivity index is 1.34. The van der Waals surface area contributed by atoms with E-state index < -0.39 is 0 Å². The molecule has 0 aromatic carbocycles. The standard InChI is InChI=1S/C19H23N9S/c1-11-7-15(27-26-11)23-17-16-18(29-10-21-16)25-19(24-17)22-12-8-13-3-4-14(9-12)28(13)6-2-5-20/h7,10,12-14H,2-4,6,8-9H2,1H3,(H3,22,23,24,25,26,27). The van der Waals surface area contributed by atoms with E-state index in [4.69, 9.17) is 10.2 Å². The van der Waals surface area contributed by atoms with Crippen molar-refractivity contribution in [3.8, 4) is 6.07 Å². The van der Waals surface area contributed by atoms with Crippen LogP contribution in [-0.4, -0.2) is 54.7 Å². The normalized spacial score (nSPS) is 23.9. The highest BCUT2D eigenvalue weighted by molar-refractivity contribution is 7.16. The minimum absolute atomic E-state index is 0.344. The Kier molecular flexibility index (Phi) is 4.77. The molecule has 2 fully saturated rings. The topological polar surface area (TPSA) is 118 Å². The molecule has 10 heteroatoms. The van der Waals surface area contributed by atoms with E-state index in [1.54, 1.807) is 5.51 Å². The summed E-state index contributed by atoms with van der Waals surface area (Å²) in [6.07, 6.45) is 5.17. The molecular weight excluding hydrogens is 386 g/mol. The van der Waals surface area contributed by atoms with E-state index in [1.807, 2.05) is 13.0 Å². The zero-order valence-electron chi connectivity index (χ0n) is 16.2. The number of aromatic nitrogens is 5. The van der Waals surface area contributed by atoms with Crippen LogP contribution in [0, 0.1) is 18.3 Å². The predicted molar refractivity (Wildman–Crippen MR) is 112 cm³/mol. The average Bonchev–Trinajstić information content (AvgIpc) is 3.39. The van der Waals surface area contributed by atoms with Crippen LogP contribution in [0.5, 0.6) is 0 Å². The quantitative estimate of drug-likeness (QED) is 0.568. The van der Waals surface area contributed by atoms with E-state index in [-0.39, 0.29) is 0 Å². The fourth-order valence-electron chi connectivity index (χ4n) is 4.64. The lowest BCUT2D eigenvalue weighted by Gasteiger charge is -2.38. The summed E-state index contributed by atoms with van der Waals surface area (Å²) in [6, 6.07) is 5.66. The fourth-order valence-corrected chi connectivity index (χ4v) is 5.29. The highest BCUT2D eigenvalue weighted by Gasteiger charge is 2.40. The van der Waals surface area contributed by atoms with Gasteiger partial charge < -0.3 is 10.6 Å². The molecule has 0 saturated carbocycles. The van der Waals surface area contributed by atoms with E-state index in [2.05, 4.69) is 41.8 Å². The van der Waals surface area contributed by atoms with Crippen LogP contribution >= 0.6 is 11.3 Å². The van der Waals surface area contributed by atoms with Gasteiger partial charge in [-0.15, -0.1) is 11.3 Å². The number of thiazole rings is 1. The summed E-state index contributed by atoms with van der Waals surface area (Å²) in [6.45, 7) is 2.85. The van der Waals surface area contributed by atoms with Crippen LogP contribution < -0.4 is 10.6 Å². The largest absolute Gasteiger partial charge is 0.351 e. The van der Waals surface area contributed by atoms with Crippen molar-refractivity contribution in [3.63, 3.8) is 0 Å². The minimum atomic E-state index is 0.344. The second kappa shape index (κ2) is 7.57. The van der Waals surface area contributed by atoms with Gasteiger partial charge in [-0.2, -0.15) is 15.3 Å². The first-order valence-electron chi connectivity index (χ1n) is 9.99. The van der Waals surface area contributed by atoms with Gasteiger partial charge in [-0.3, -0.25) is 10.00 Å². The predicted octanol–water partition coefficient (Wildman–Crippen LogP) is 3.18. The Hall–Kier alpha value is -2.77. The average molecular weight is 410 g/mol. The van der Waals surface area contributed by atoms with Crippen molar-refractivity contribution in [2.24, 2.45) is 0 Å². The summed E-state index contributed by atoms with van der Waals surface area (Å²) in [7, 11) is 0. The monoisotopic (exact) mass is 409 g/mol. The van der Waals surface area contributed by atoms with Crippen molar-refractivity contribution in [2.75, 3.05) is 17.2 Å². The fraction of sp³-hybridized carbons (Fsp3) is 0.526. The maximum atomic E-state index is 8.92. The van der Waals surface area contributed by atoms with Crippen LogP contribution in [0.1, 0.15) is 37.8 Å². The van der Waals surface area contributed by atoms with Crippen molar-refractivity contribution in [1.29, 1.82) is 5.26 Å². The molecule has 29 heavy (non-hydrogen) atoms. The molecule has 3 aromatic heterocycles. The van der Waals surface area contributed by atoms with Crippen LogP contribution in [0.4, 0.5) is 17.6 Å². The molecule has 0 radical (unpaired) electrons. The SMILES string of the molecule is Cc1cc(Nc2nc(NC3CC4CCC(C3)N4CCC#N)nc3scnc23)n[nH]1. The van der Waals surface area contributed by atoms with Crippen LogP contribution in [0.2, 0.25) is 0 Å². The van der Waals surface area contributed by atoms with Crippen LogP contribution in [-0.2, 0) is 0 Å². The van der Waals surface area contributed by atoms with Gasteiger partial charge >= 0.3 is 0 Å². The van der Waals surface area contributed by atoms with Crippen molar-refractivity contribution >= 4 is 39.3 Å². The third-order valence-electron chi connectivity index (χ3n) is 5.85. The maximum absolute atomic E-state index is 8.92. The van der Waals surface area contributed by atoms with Crippen molar-refractivity contribution < 1.29 is 0 Å². The number of piperidine rings is 1. The smallest absolute Gasteiger partial charge is 0.226 e. The number of fused-ring (bicyclic) bond motifs is 3. The number of rotatable bonds is 6. The van der Waals surface area contributed by atoms with Gasteiger partial charge in [0.05, 0.1) is 11.6 Å². The first-order chi connectivity index (χ1) is 14.2. The molecule has 5 heterocycles. The molecule has 2 bridgehead atoms. The number of H-pyrrole nitrogens is 1. The Labute approximate surface area is 172 Å². The third-order valence-corrected chi connectivity index (χ3v) is 6.57. The Morgan fingerprint density at radius 1 is 1.31 bits per heavy atom. The molecule has 9 nitrogen and oxygen atoms in total. The molecule has 3 N–H and O–H groups in total. The van der Waals surface area contributed by atoms with E-state index in [0.29, 0.717) is 42.1 Å². The third kappa shape index (κ3) is 3.63.